The molecule has 0 aliphatic carbocycles. The van der Waals surface area contributed by atoms with Crippen LogP contribution in [-0.4, -0.2) is 14.5 Å². The van der Waals surface area contributed by atoms with Crippen molar-refractivity contribution in [2.75, 3.05) is 0 Å². The minimum Gasteiger partial charge on any atom is -0.454 e. The summed E-state index contributed by atoms with van der Waals surface area (Å²) < 4.78 is 10.1. The highest BCUT2D eigenvalue weighted by molar-refractivity contribution is 7.25. The van der Waals surface area contributed by atoms with Gasteiger partial charge in [-0.05, 0) is 45.8 Å². The van der Waals surface area contributed by atoms with E-state index >= 15 is 0 Å². The molecule has 4 heterocycles. The maximum absolute atomic E-state index is 7.02. The van der Waals surface area contributed by atoms with Gasteiger partial charge in [0.05, 0.1) is 11.0 Å². The van der Waals surface area contributed by atoms with Crippen molar-refractivity contribution < 1.29 is 4.42 Å². The normalized spacial score (nSPS) is 12.4. The first-order chi connectivity index (χ1) is 20.7. The Labute approximate surface area is 247 Å². The van der Waals surface area contributed by atoms with E-state index in [1.54, 1.807) is 11.3 Å². The molecule has 0 saturated carbocycles. The van der Waals surface area contributed by atoms with Crippen LogP contribution in [0.1, 0.15) is 0 Å². The quantitative estimate of drug-likeness (QED) is 0.195. The van der Waals surface area contributed by atoms with Gasteiger partial charge in [0, 0.05) is 31.6 Å². The van der Waals surface area contributed by atoms with Gasteiger partial charge in [-0.3, -0.25) is 4.57 Å². The molecule has 0 spiro atoms. The molecular formula is C36H18ClN3OS. The van der Waals surface area contributed by atoms with Crippen molar-refractivity contribution in [3.8, 4) is 5.82 Å². The molecule has 0 aliphatic heterocycles. The van der Waals surface area contributed by atoms with Crippen LogP contribution in [0.25, 0.3) is 91.5 Å². The van der Waals surface area contributed by atoms with Crippen LogP contribution in [0, 0.1) is 0 Å². The van der Waals surface area contributed by atoms with Crippen molar-refractivity contribution in [1.29, 1.82) is 0 Å². The van der Waals surface area contributed by atoms with Crippen LogP contribution in [0.5, 0.6) is 0 Å². The largest absolute Gasteiger partial charge is 0.454 e. The van der Waals surface area contributed by atoms with Crippen molar-refractivity contribution >= 4 is 109 Å². The van der Waals surface area contributed by atoms with Crippen LogP contribution < -0.4 is 0 Å². The summed E-state index contributed by atoms with van der Waals surface area (Å²) in [6, 6.07) is 38.1. The lowest BCUT2D eigenvalue weighted by Gasteiger charge is -2.10. The van der Waals surface area contributed by atoms with Gasteiger partial charge >= 0.3 is 0 Å². The van der Waals surface area contributed by atoms with Crippen LogP contribution in [-0.2, 0) is 0 Å². The average molecular weight is 576 g/mol. The first kappa shape index (κ1) is 22.7. The van der Waals surface area contributed by atoms with Gasteiger partial charge in [-0.25, -0.2) is 9.97 Å². The van der Waals surface area contributed by atoms with E-state index in [-0.39, 0.29) is 0 Å². The van der Waals surface area contributed by atoms with E-state index in [2.05, 4.69) is 102 Å². The molecule has 6 aromatic carbocycles. The number of aromatic nitrogens is 3. The lowest BCUT2D eigenvalue weighted by molar-refractivity contribution is 0.671. The van der Waals surface area contributed by atoms with Crippen molar-refractivity contribution in [2.24, 2.45) is 0 Å². The first-order valence-corrected chi connectivity index (χ1v) is 15.0. The molecule has 42 heavy (non-hydrogen) atoms. The summed E-state index contributed by atoms with van der Waals surface area (Å²) in [5, 5.41) is 10.5. The summed E-state index contributed by atoms with van der Waals surface area (Å²) in [6.07, 6.45) is 0. The number of hydrogen-bond donors (Lipinski definition) is 0. The standard InChI is InChI=1S/C36H18ClN3OS/c37-34-35(38-31-24-14-6-8-16-28(24)42-36(31)39-34)40-26-15-7-5-13-23(26)29-21-11-3-4-12-22(21)30-25-17-19-9-1-2-10-20(19)18-27(25)41-33(30)32(29)40/h1-18H. The Morgan fingerprint density at radius 1 is 0.643 bits per heavy atom. The highest BCUT2D eigenvalue weighted by Crippen LogP contribution is 2.47. The van der Waals surface area contributed by atoms with E-state index in [1.165, 1.54) is 5.39 Å². The fourth-order valence-corrected chi connectivity index (χ4v) is 8.00. The number of rotatable bonds is 1. The highest BCUT2D eigenvalue weighted by atomic mass is 35.5. The summed E-state index contributed by atoms with van der Waals surface area (Å²) in [5.41, 5.74) is 4.48. The zero-order valence-electron chi connectivity index (χ0n) is 21.9. The van der Waals surface area contributed by atoms with Gasteiger partial charge < -0.3 is 4.42 Å². The molecule has 10 rings (SSSR count). The van der Waals surface area contributed by atoms with Gasteiger partial charge in [-0.2, -0.15) is 0 Å². The summed E-state index contributed by atoms with van der Waals surface area (Å²) in [5.74, 6) is 0.598. The molecule has 196 valence electrons. The fraction of sp³-hybridized carbons (Fsp3) is 0. The maximum atomic E-state index is 7.02. The molecular weight excluding hydrogens is 558 g/mol. The van der Waals surface area contributed by atoms with Crippen molar-refractivity contribution in [3.63, 3.8) is 0 Å². The maximum Gasteiger partial charge on any atom is 0.176 e. The van der Waals surface area contributed by atoms with Gasteiger partial charge in [-0.1, -0.05) is 96.5 Å². The van der Waals surface area contributed by atoms with Crippen LogP contribution in [0.2, 0.25) is 5.15 Å². The lowest BCUT2D eigenvalue weighted by atomic mass is 9.98. The minimum atomic E-state index is 0.361. The number of thiophene rings is 1. The number of halogens is 1. The van der Waals surface area contributed by atoms with E-state index in [0.717, 1.165) is 80.3 Å². The van der Waals surface area contributed by atoms with Gasteiger partial charge in [0.15, 0.2) is 16.6 Å². The molecule has 0 bridgehead atoms. The van der Waals surface area contributed by atoms with E-state index in [9.17, 15) is 0 Å². The van der Waals surface area contributed by atoms with Crippen molar-refractivity contribution in [3.05, 3.63) is 114 Å². The van der Waals surface area contributed by atoms with Crippen LogP contribution in [0.4, 0.5) is 0 Å². The molecule has 4 nitrogen and oxygen atoms in total. The Hall–Kier alpha value is -4.97. The number of furan rings is 1. The Balaban J connectivity index is 1.47. The lowest BCUT2D eigenvalue weighted by Crippen LogP contribution is -2.00. The summed E-state index contributed by atoms with van der Waals surface area (Å²) in [6.45, 7) is 0. The van der Waals surface area contributed by atoms with E-state index < -0.39 is 0 Å². The monoisotopic (exact) mass is 575 g/mol. The van der Waals surface area contributed by atoms with Crippen LogP contribution in [0.3, 0.4) is 0 Å². The minimum absolute atomic E-state index is 0.361. The predicted octanol–water partition coefficient (Wildman–Crippen LogP) is 10.8. The smallest absolute Gasteiger partial charge is 0.176 e. The molecule has 6 heteroatoms. The molecule has 0 unspecified atom stereocenters. The van der Waals surface area contributed by atoms with Crippen LogP contribution in [0.15, 0.2) is 114 Å². The summed E-state index contributed by atoms with van der Waals surface area (Å²) >= 11 is 8.64. The molecule has 0 saturated heterocycles. The second-order valence-electron chi connectivity index (χ2n) is 10.7. The molecule has 0 radical (unpaired) electrons. The van der Waals surface area contributed by atoms with Crippen molar-refractivity contribution in [2.45, 2.75) is 0 Å². The highest BCUT2D eigenvalue weighted by Gasteiger charge is 2.25. The second-order valence-corrected chi connectivity index (χ2v) is 12.1. The molecule has 0 atom stereocenters. The number of benzene rings is 6. The van der Waals surface area contributed by atoms with Crippen molar-refractivity contribution in [1.82, 2.24) is 14.5 Å². The third-order valence-electron chi connectivity index (χ3n) is 8.48. The Morgan fingerprint density at radius 3 is 2.14 bits per heavy atom. The Bertz CT molecular complexity index is 2770. The summed E-state index contributed by atoms with van der Waals surface area (Å²) in [4.78, 5) is 10.9. The van der Waals surface area contributed by atoms with Gasteiger partial charge in [-0.15, -0.1) is 11.3 Å². The van der Waals surface area contributed by atoms with Gasteiger partial charge in [0.2, 0.25) is 0 Å². The molecule has 0 amide bonds. The number of para-hydroxylation sites is 1. The number of nitrogens with zero attached hydrogens (tertiary/aromatic N) is 3. The SMILES string of the molecule is Clc1nc2sc3ccccc3c2nc1-n1c2ccccc2c2c3ccccc3c3c4cc5ccccc5cc4oc3c21. The van der Waals surface area contributed by atoms with Gasteiger partial charge in [0.1, 0.15) is 15.9 Å². The molecule has 10 aromatic rings. The Kier molecular flexibility index (Phi) is 4.36. The predicted molar refractivity (Wildman–Crippen MR) is 177 cm³/mol. The fourth-order valence-electron chi connectivity index (χ4n) is 6.72. The molecule has 0 N–H and O–H groups in total. The van der Waals surface area contributed by atoms with Crippen LogP contribution >= 0.6 is 22.9 Å². The van der Waals surface area contributed by atoms with E-state index in [1.807, 2.05) is 12.1 Å². The number of hydrogen-bond acceptors (Lipinski definition) is 4. The first-order valence-electron chi connectivity index (χ1n) is 13.8. The third-order valence-corrected chi connectivity index (χ3v) is 9.78. The Morgan fingerprint density at radius 2 is 1.31 bits per heavy atom. The zero-order chi connectivity index (χ0) is 27.5. The van der Waals surface area contributed by atoms with Gasteiger partial charge in [0.25, 0.3) is 0 Å². The third kappa shape index (κ3) is 2.86. The molecule has 0 aliphatic rings. The molecule has 0 fully saturated rings. The van der Waals surface area contributed by atoms with E-state index in [0.29, 0.717) is 11.0 Å². The topological polar surface area (TPSA) is 43.9 Å². The zero-order valence-corrected chi connectivity index (χ0v) is 23.5. The second kappa shape index (κ2) is 8.07. The summed E-state index contributed by atoms with van der Waals surface area (Å²) in [7, 11) is 0. The van der Waals surface area contributed by atoms with E-state index in [4.69, 9.17) is 26.0 Å². The average Bonchev–Trinajstić information content (AvgIpc) is 3.69. The molecule has 4 aromatic heterocycles. The number of fused-ring (bicyclic) bond motifs is 14.